The summed E-state index contributed by atoms with van der Waals surface area (Å²) in [7, 11) is 0. The molecule has 5 heteroatoms. The number of nitrogens with two attached hydrogens (primary N) is 1. The molecule has 0 amide bonds. The van der Waals surface area contributed by atoms with Crippen LogP contribution in [0.25, 0.3) is 0 Å². The number of anilines is 1. The average Bonchev–Trinajstić information content (AvgIpc) is 2.73. The molecule has 1 aliphatic carbocycles. The lowest BCUT2D eigenvalue weighted by Crippen LogP contribution is -2.37. The summed E-state index contributed by atoms with van der Waals surface area (Å²) in [4.78, 5) is 4.36. The van der Waals surface area contributed by atoms with E-state index < -0.39 is 0 Å². The van der Waals surface area contributed by atoms with Gasteiger partial charge < -0.3 is 11.1 Å². The van der Waals surface area contributed by atoms with Crippen LogP contribution >= 0.6 is 27.3 Å². The molecule has 0 saturated heterocycles. The molecule has 2 rings (SSSR count). The predicted octanol–water partition coefficient (Wildman–Crippen LogP) is 3.23. The molecule has 0 aromatic carbocycles. The van der Waals surface area contributed by atoms with Crippen LogP contribution in [0.2, 0.25) is 0 Å². The number of hydrogen-bond acceptors (Lipinski definition) is 4. The smallest absolute Gasteiger partial charge is 0.184 e. The van der Waals surface area contributed by atoms with Crippen molar-refractivity contribution in [1.29, 1.82) is 0 Å². The first-order chi connectivity index (χ1) is 7.79. The molecule has 1 aromatic rings. The van der Waals surface area contributed by atoms with Gasteiger partial charge in [-0.15, -0.1) is 11.3 Å². The van der Waals surface area contributed by atoms with Crippen LogP contribution in [0.4, 0.5) is 5.13 Å². The lowest BCUT2D eigenvalue weighted by molar-refractivity contribution is 0.320. The Morgan fingerprint density at radius 2 is 2.25 bits per heavy atom. The van der Waals surface area contributed by atoms with Gasteiger partial charge in [-0.1, -0.05) is 19.3 Å². The molecule has 1 aromatic heterocycles. The Hall–Kier alpha value is -0.130. The van der Waals surface area contributed by atoms with Crippen molar-refractivity contribution < 1.29 is 0 Å². The van der Waals surface area contributed by atoms with Crippen molar-refractivity contribution in [2.75, 3.05) is 11.9 Å². The van der Waals surface area contributed by atoms with Crippen molar-refractivity contribution in [2.24, 2.45) is 11.7 Å². The normalized spacial score (nSPS) is 19.6. The maximum atomic E-state index is 5.86. The highest BCUT2D eigenvalue weighted by Crippen LogP contribution is 2.29. The first kappa shape index (κ1) is 12.3. The molecular formula is C11H18BrN3S. The standard InChI is InChI=1S/C11H18BrN3S/c12-10-7-16-11(15-10)14-9(6-13)8-4-2-1-3-5-8/h7-9H,1-6,13H2,(H,14,15). The van der Waals surface area contributed by atoms with E-state index in [4.69, 9.17) is 5.73 Å². The number of nitrogens with zero attached hydrogens (tertiary/aromatic N) is 1. The molecule has 0 radical (unpaired) electrons. The predicted molar refractivity (Wildman–Crippen MR) is 72.9 cm³/mol. The van der Waals surface area contributed by atoms with Gasteiger partial charge in [0.05, 0.1) is 0 Å². The van der Waals surface area contributed by atoms with Crippen molar-refractivity contribution in [2.45, 2.75) is 38.1 Å². The highest BCUT2D eigenvalue weighted by atomic mass is 79.9. The van der Waals surface area contributed by atoms with Crippen LogP contribution < -0.4 is 11.1 Å². The van der Waals surface area contributed by atoms with Crippen LogP contribution in [-0.4, -0.2) is 17.6 Å². The van der Waals surface area contributed by atoms with Gasteiger partial charge in [-0.3, -0.25) is 0 Å². The summed E-state index contributed by atoms with van der Waals surface area (Å²) in [5, 5.41) is 6.45. The number of thiazole rings is 1. The zero-order chi connectivity index (χ0) is 11.4. The lowest BCUT2D eigenvalue weighted by Gasteiger charge is -2.29. The molecule has 3 nitrogen and oxygen atoms in total. The Balaban J connectivity index is 1.94. The number of halogens is 1. The molecule has 1 aliphatic rings. The quantitative estimate of drug-likeness (QED) is 0.898. The summed E-state index contributed by atoms with van der Waals surface area (Å²) in [5.41, 5.74) is 5.86. The van der Waals surface area contributed by atoms with Gasteiger partial charge in [0.2, 0.25) is 0 Å². The van der Waals surface area contributed by atoms with E-state index in [0.29, 0.717) is 12.6 Å². The third kappa shape index (κ3) is 3.18. The molecule has 1 fully saturated rings. The SMILES string of the molecule is NCC(Nc1nc(Br)cs1)C1CCCCC1. The van der Waals surface area contributed by atoms with Gasteiger partial charge in [0.1, 0.15) is 4.60 Å². The minimum absolute atomic E-state index is 0.387. The van der Waals surface area contributed by atoms with Crippen LogP contribution in [-0.2, 0) is 0 Å². The van der Waals surface area contributed by atoms with E-state index >= 15 is 0 Å². The molecule has 1 saturated carbocycles. The summed E-state index contributed by atoms with van der Waals surface area (Å²) in [5.74, 6) is 0.724. The van der Waals surface area contributed by atoms with Crippen LogP contribution in [0.3, 0.4) is 0 Å². The molecule has 1 heterocycles. The fourth-order valence-corrected chi connectivity index (χ4v) is 3.59. The second-order valence-electron chi connectivity index (χ2n) is 4.36. The largest absolute Gasteiger partial charge is 0.357 e. The Morgan fingerprint density at radius 3 is 2.81 bits per heavy atom. The second-order valence-corrected chi connectivity index (χ2v) is 6.03. The fraction of sp³-hybridized carbons (Fsp3) is 0.727. The molecule has 0 aliphatic heterocycles. The van der Waals surface area contributed by atoms with E-state index in [1.54, 1.807) is 11.3 Å². The van der Waals surface area contributed by atoms with Crippen LogP contribution in [0.5, 0.6) is 0 Å². The zero-order valence-electron chi connectivity index (χ0n) is 9.29. The monoisotopic (exact) mass is 303 g/mol. The summed E-state index contributed by atoms with van der Waals surface area (Å²) >= 11 is 5.00. The summed E-state index contributed by atoms with van der Waals surface area (Å²) in [6, 6.07) is 0.387. The lowest BCUT2D eigenvalue weighted by atomic mass is 9.84. The molecule has 0 bridgehead atoms. The Labute approximate surface area is 109 Å². The average molecular weight is 304 g/mol. The number of hydrogen-bond donors (Lipinski definition) is 2. The molecule has 1 atom stereocenters. The molecule has 0 spiro atoms. The van der Waals surface area contributed by atoms with E-state index in [1.807, 2.05) is 5.38 Å². The minimum Gasteiger partial charge on any atom is -0.357 e. The topological polar surface area (TPSA) is 50.9 Å². The second kappa shape index (κ2) is 5.98. The minimum atomic E-state index is 0.387. The number of nitrogens with one attached hydrogen (secondary N) is 1. The highest BCUT2D eigenvalue weighted by molar-refractivity contribution is 9.10. The van der Waals surface area contributed by atoms with Crippen molar-refractivity contribution in [3.63, 3.8) is 0 Å². The van der Waals surface area contributed by atoms with Crippen LogP contribution in [0, 0.1) is 5.92 Å². The molecule has 3 N–H and O–H groups in total. The van der Waals surface area contributed by atoms with Crippen LogP contribution in [0.1, 0.15) is 32.1 Å². The van der Waals surface area contributed by atoms with Gasteiger partial charge in [-0.2, -0.15) is 0 Å². The van der Waals surface area contributed by atoms with Gasteiger partial charge >= 0.3 is 0 Å². The molecule has 16 heavy (non-hydrogen) atoms. The summed E-state index contributed by atoms with van der Waals surface area (Å²) in [6.45, 7) is 0.696. The zero-order valence-corrected chi connectivity index (χ0v) is 11.7. The van der Waals surface area contributed by atoms with Gasteiger partial charge in [0, 0.05) is 18.0 Å². The Kier molecular flexibility index (Phi) is 4.61. The van der Waals surface area contributed by atoms with Crippen LogP contribution in [0.15, 0.2) is 9.98 Å². The third-order valence-corrected chi connectivity index (χ3v) is 4.74. The first-order valence-corrected chi connectivity index (χ1v) is 7.54. The van der Waals surface area contributed by atoms with Crippen molar-refractivity contribution in [1.82, 2.24) is 4.98 Å². The summed E-state index contributed by atoms with van der Waals surface area (Å²) < 4.78 is 0.902. The maximum Gasteiger partial charge on any atom is 0.184 e. The van der Waals surface area contributed by atoms with Crippen molar-refractivity contribution >= 4 is 32.4 Å². The van der Waals surface area contributed by atoms with E-state index in [9.17, 15) is 0 Å². The van der Waals surface area contributed by atoms with E-state index in [-0.39, 0.29) is 0 Å². The third-order valence-electron chi connectivity index (χ3n) is 3.26. The highest BCUT2D eigenvalue weighted by Gasteiger charge is 2.22. The Bertz CT molecular complexity index is 323. The fourth-order valence-electron chi connectivity index (χ4n) is 2.38. The Morgan fingerprint density at radius 1 is 1.50 bits per heavy atom. The molecule has 90 valence electrons. The first-order valence-electron chi connectivity index (χ1n) is 5.87. The van der Waals surface area contributed by atoms with Crippen molar-refractivity contribution in [3.05, 3.63) is 9.98 Å². The van der Waals surface area contributed by atoms with Gasteiger partial charge in [0.25, 0.3) is 0 Å². The maximum absolute atomic E-state index is 5.86. The van der Waals surface area contributed by atoms with Crippen molar-refractivity contribution in [3.8, 4) is 0 Å². The molecular weight excluding hydrogens is 286 g/mol. The van der Waals surface area contributed by atoms with Gasteiger partial charge in [0.15, 0.2) is 5.13 Å². The summed E-state index contributed by atoms with van der Waals surface area (Å²) in [6.07, 6.45) is 6.70. The number of rotatable bonds is 4. The van der Waals surface area contributed by atoms with E-state index in [2.05, 4.69) is 26.2 Å². The van der Waals surface area contributed by atoms with E-state index in [1.165, 1.54) is 32.1 Å². The van der Waals surface area contributed by atoms with E-state index in [0.717, 1.165) is 15.7 Å². The number of aromatic nitrogens is 1. The van der Waals surface area contributed by atoms with Gasteiger partial charge in [-0.25, -0.2) is 4.98 Å². The van der Waals surface area contributed by atoms with Gasteiger partial charge in [-0.05, 0) is 34.7 Å². The molecule has 1 unspecified atom stereocenters.